The molecule has 11 aromatic rings. The summed E-state index contributed by atoms with van der Waals surface area (Å²) in [6.45, 7) is 0. The molecular weight excluding hydrogens is 681 g/mol. The number of benzene rings is 8. The minimum Gasteiger partial charge on any atom is -0.254 e. The lowest BCUT2D eigenvalue weighted by atomic mass is 9.93. The van der Waals surface area contributed by atoms with E-state index in [1.807, 2.05) is 12.3 Å². The topological polar surface area (TPSA) is 51.6 Å². The third-order valence-electron chi connectivity index (χ3n) is 10.9. The number of fused-ring (bicyclic) bond motifs is 6. The molecule has 4 nitrogen and oxygen atoms in total. The molecule has 0 aliphatic heterocycles. The molecule has 260 valence electrons. The molecule has 11 rings (SSSR count). The van der Waals surface area contributed by atoms with Crippen molar-refractivity contribution in [2.75, 3.05) is 0 Å². The molecular formula is C52H32N4. The van der Waals surface area contributed by atoms with Crippen molar-refractivity contribution >= 4 is 54.1 Å². The summed E-state index contributed by atoms with van der Waals surface area (Å²) in [6, 6.07) is 66.3. The lowest BCUT2D eigenvalue weighted by Gasteiger charge is -2.13. The highest BCUT2D eigenvalue weighted by Crippen LogP contribution is 2.37. The molecule has 0 radical (unpaired) electrons. The molecule has 56 heavy (non-hydrogen) atoms. The highest BCUT2D eigenvalue weighted by atomic mass is 14.9. The average molecular weight is 713 g/mol. The van der Waals surface area contributed by atoms with Crippen LogP contribution in [-0.4, -0.2) is 19.9 Å². The zero-order valence-corrected chi connectivity index (χ0v) is 30.3. The summed E-state index contributed by atoms with van der Waals surface area (Å²) in [6.07, 6.45) is 1.84. The van der Waals surface area contributed by atoms with Gasteiger partial charge in [-0.05, 0) is 73.8 Å². The molecule has 0 spiro atoms. The van der Waals surface area contributed by atoms with Gasteiger partial charge in [-0.2, -0.15) is 0 Å². The van der Waals surface area contributed by atoms with Gasteiger partial charge in [-0.25, -0.2) is 15.0 Å². The fourth-order valence-electron chi connectivity index (χ4n) is 8.02. The second-order valence-corrected chi connectivity index (χ2v) is 14.3. The van der Waals surface area contributed by atoms with E-state index in [0.717, 1.165) is 77.7 Å². The molecule has 0 N–H and O–H groups in total. The van der Waals surface area contributed by atoms with Gasteiger partial charge in [-0.15, -0.1) is 0 Å². The van der Waals surface area contributed by atoms with Crippen LogP contribution in [0.3, 0.4) is 0 Å². The Morgan fingerprint density at radius 3 is 1.46 bits per heavy atom. The summed E-state index contributed by atoms with van der Waals surface area (Å²) in [4.78, 5) is 20.2. The first-order chi connectivity index (χ1) is 27.7. The summed E-state index contributed by atoms with van der Waals surface area (Å²) in [7, 11) is 0. The number of aromatic nitrogens is 4. The van der Waals surface area contributed by atoms with Crippen LogP contribution in [0.5, 0.6) is 0 Å². The van der Waals surface area contributed by atoms with E-state index in [-0.39, 0.29) is 0 Å². The molecule has 3 aromatic heterocycles. The van der Waals surface area contributed by atoms with Crippen molar-refractivity contribution in [1.29, 1.82) is 0 Å². The fourth-order valence-corrected chi connectivity index (χ4v) is 8.02. The van der Waals surface area contributed by atoms with E-state index < -0.39 is 0 Å². The molecule has 0 amide bonds. The Morgan fingerprint density at radius 1 is 0.286 bits per heavy atom. The van der Waals surface area contributed by atoms with Gasteiger partial charge >= 0.3 is 0 Å². The Balaban J connectivity index is 1.00. The Labute approximate surface area is 323 Å². The second-order valence-electron chi connectivity index (χ2n) is 14.3. The number of rotatable bonds is 5. The van der Waals surface area contributed by atoms with Gasteiger partial charge in [-0.3, -0.25) is 4.98 Å². The molecule has 3 heterocycles. The molecule has 0 aliphatic rings. The number of hydrogen-bond acceptors (Lipinski definition) is 4. The van der Waals surface area contributed by atoms with Crippen molar-refractivity contribution in [1.82, 2.24) is 19.9 Å². The van der Waals surface area contributed by atoms with E-state index in [2.05, 4.69) is 187 Å². The zero-order chi connectivity index (χ0) is 37.0. The molecule has 0 bridgehead atoms. The van der Waals surface area contributed by atoms with Gasteiger partial charge < -0.3 is 0 Å². The zero-order valence-electron chi connectivity index (χ0n) is 30.3. The Hall–Kier alpha value is -7.56. The molecule has 4 heteroatoms. The first-order valence-corrected chi connectivity index (χ1v) is 18.9. The second kappa shape index (κ2) is 13.1. The van der Waals surface area contributed by atoms with Crippen molar-refractivity contribution in [2.45, 2.75) is 0 Å². The van der Waals surface area contributed by atoms with E-state index in [1.54, 1.807) is 0 Å². The van der Waals surface area contributed by atoms with Crippen LogP contribution in [-0.2, 0) is 0 Å². The Kier molecular flexibility index (Phi) is 7.46. The van der Waals surface area contributed by atoms with Gasteiger partial charge in [0.1, 0.15) is 0 Å². The largest absolute Gasteiger partial charge is 0.254 e. The summed E-state index contributed by atoms with van der Waals surface area (Å²) >= 11 is 0. The monoisotopic (exact) mass is 712 g/mol. The maximum absolute atomic E-state index is 5.18. The molecule has 0 aliphatic carbocycles. The van der Waals surface area contributed by atoms with Crippen molar-refractivity contribution in [2.24, 2.45) is 0 Å². The molecule has 8 aromatic carbocycles. The minimum absolute atomic E-state index is 0.690. The van der Waals surface area contributed by atoms with E-state index in [1.165, 1.54) is 26.9 Å². The van der Waals surface area contributed by atoms with E-state index in [0.29, 0.717) is 5.82 Å². The highest BCUT2D eigenvalue weighted by Gasteiger charge is 2.15. The highest BCUT2D eigenvalue weighted by molar-refractivity contribution is 6.07. The number of pyridine rings is 2. The van der Waals surface area contributed by atoms with Crippen LogP contribution in [0.15, 0.2) is 194 Å². The van der Waals surface area contributed by atoms with Crippen LogP contribution in [0.2, 0.25) is 0 Å². The van der Waals surface area contributed by atoms with Crippen molar-refractivity contribution in [3.63, 3.8) is 0 Å². The minimum atomic E-state index is 0.690. The SMILES string of the molecule is c1ccc2cc(-c3cc(-c4ccc5ccccc5c4)nc(-c4ccc(-c5ccc(-c6ccc7ccc8cccnc8c7n6)c6ccccc56)cc4)n3)ccc2c1. The van der Waals surface area contributed by atoms with Crippen LogP contribution in [0.1, 0.15) is 0 Å². The van der Waals surface area contributed by atoms with Crippen LogP contribution in [0.25, 0.3) is 110 Å². The molecule has 0 atom stereocenters. The van der Waals surface area contributed by atoms with Crippen LogP contribution in [0, 0.1) is 0 Å². The molecule has 0 saturated heterocycles. The first kappa shape index (κ1) is 31.9. The Bertz CT molecular complexity index is 3220. The van der Waals surface area contributed by atoms with Gasteiger partial charge in [0.05, 0.1) is 28.1 Å². The summed E-state index contributed by atoms with van der Waals surface area (Å²) < 4.78 is 0. The fraction of sp³-hybridized carbons (Fsp3) is 0. The van der Waals surface area contributed by atoms with Gasteiger partial charge in [0.2, 0.25) is 0 Å². The normalized spacial score (nSPS) is 11.6. The summed E-state index contributed by atoms with van der Waals surface area (Å²) in [5.41, 5.74) is 11.0. The quantitative estimate of drug-likeness (QED) is 0.167. The average Bonchev–Trinajstić information content (AvgIpc) is 3.28. The summed E-state index contributed by atoms with van der Waals surface area (Å²) in [5.74, 6) is 0.690. The lowest BCUT2D eigenvalue weighted by Crippen LogP contribution is -1.96. The van der Waals surface area contributed by atoms with Gasteiger partial charge in [0.15, 0.2) is 5.82 Å². The molecule has 0 unspecified atom stereocenters. The standard InChI is InChI=1S/C52H32N4/c1-3-10-39-30-41(23-15-33(39)8-1)48-32-49(42-24-16-34-9-2-4-11-40(34)31-42)56-52(55-48)38-21-17-35(18-22-38)43-26-27-46(45-14-6-5-13-44(43)45)47-28-25-37-20-19-36-12-7-29-53-50(36)51(37)54-47/h1-32H. The van der Waals surface area contributed by atoms with Crippen molar-refractivity contribution < 1.29 is 0 Å². The van der Waals surface area contributed by atoms with E-state index in [9.17, 15) is 0 Å². The number of nitrogens with zero attached hydrogens (tertiary/aromatic N) is 4. The first-order valence-electron chi connectivity index (χ1n) is 18.9. The molecule has 0 saturated carbocycles. The predicted molar refractivity (Wildman–Crippen MR) is 232 cm³/mol. The smallest absolute Gasteiger partial charge is 0.160 e. The van der Waals surface area contributed by atoms with Crippen molar-refractivity contribution in [3.8, 4) is 56.3 Å². The van der Waals surface area contributed by atoms with Gasteiger partial charge in [-0.1, -0.05) is 158 Å². The third-order valence-corrected chi connectivity index (χ3v) is 10.9. The maximum atomic E-state index is 5.18. The van der Waals surface area contributed by atoms with Gasteiger partial charge in [0.25, 0.3) is 0 Å². The molecule has 0 fully saturated rings. The predicted octanol–water partition coefficient (Wildman–Crippen LogP) is 13.4. The maximum Gasteiger partial charge on any atom is 0.160 e. The van der Waals surface area contributed by atoms with Crippen molar-refractivity contribution in [3.05, 3.63) is 194 Å². The van der Waals surface area contributed by atoms with E-state index in [4.69, 9.17) is 15.0 Å². The lowest BCUT2D eigenvalue weighted by molar-refractivity contribution is 1.18. The van der Waals surface area contributed by atoms with Crippen LogP contribution in [0.4, 0.5) is 0 Å². The van der Waals surface area contributed by atoms with Crippen LogP contribution < -0.4 is 0 Å². The van der Waals surface area contributed by atoms with Crippen LogP contribution >= 0.6 is 0 Å². The van der Waals surface area contributed by atoms with Gasteiger partial charge in [0, 0.05) is 39.2 Å². The third kappa shape index (κ3) is 5.55. The number of hydrogen-bond donors (Lipinski definition) is 0. The van der Waals surface area contributed by atoms with E-state index >= 15 is 0 Å². The Morgan fingerprint density at radius 2 is 0.786 bits per heavy atom. The summed E-state index contributed by atoms with van der Waals surface area (Å²) in [5, 5.41) is 9.26.